The van der Waals surface area contributed by atoms with Gasteiger partial charge in [-0.15, -0.1) is 0 Å². The van der Waals surface area contributed by atoms with Crippen molar-refractivity contribution in [3.63, 3.8) is 0 Å². The maximum absolute atomic E-state index is 13.8. The molecule has 2 amide bonds. The lowest BCUT2D eigenvalue weighted by Crippen LogP contribution is -2.45. The molecule has 18 heteroatoms. The quantitative estimate of drug-likeness (QED) is 0.224. The predicted molar refractivity (Wildman–Crippen MR) is 155 cm³/mol. The van der Waals surface area contributed by atoms with Gasteiger partial charge in [-0.2, -0.15) is 33.3 Å². The number of halogens is 6. The average Bonchev–Trinajstić information content (AvgIpc) is 3.74. The Morgan fingerprint density at radius 2 is 1.87 bits per heavy atom. The highest BCUT2D eigenvalue weighted by molar-refractivity contribution is 6.32. The fraction of sp³-hybridized carbons (Fsp3) is 0.321. The van der Waals surface area contributed by atoms with Crippen LogP contribution in [0.3, 0.4) is 0 Å². The SMILES string of the molecule is CCCn1ncc(-c2ccc([C@H]3N=C(N)N([C@H](CNC(=O)CC(F)(F)F)c4ccc(Cl)c(-n5ncnc5C(F)F)c4)C3=O)cc2)n1. The first-order chi connectivity index (χ1) is 21.9. The number of carbonyl (C=O) groups is 2. The van der Waals surface area contributed by atoms with Crippen molar-refractivity contribution in [1.29, 1.82) is 0 Å². The zero-order chi connectivity index (χ0) is 33.2. The summed E-state index contributed by atoms with van der Waals surface area (Å²) in [5.74, 6) is -2.99. The molecule has 3 N–H and O–H groups in total. The second-order valence-electron chi connectivity index (χ2n) is 10.2. The van der Waals surface area contributed by atoms with Gasteiger partial charge < -0.3 is 11.1 Å². The number of nitrogens with zero attached hydrogens (tertiary/aromatic N) is 8. The van der Waals surface area contributed by atoms with Crippen molar-refractivity contribution in [3.05, 3.63) is 77.0 Å². The monoisotopic (exact) mass is 664 g/mol. The molecule has 2 aromatic carbocycles. The van der Waals surface area contributed by atoms with E-state index in [1.54, 1.807) is 35.3 Å². The van der Waals surface area contributed by atoms with E-state index in [0.717, 1.165) is 27.9 Å². The van der Waals surface area contributed by atoms with Crippen LogP contribution in [0.15, 0.2) is 60.0 Å². The van der Waals surface area contributed by atoms with Crippen LogP contribution in [0.2, 0.25) is 5.02 Å². The molecule has 0 unspecified atom stereocenters. The first kappa shape index (κ1) is 32.5. The van der Waals surface area contributed by atoms with Gasteiger partial charge in [0, 0.05) is 12.1 Å². The molecule has 46 heavy (non-hydrogen) atoms. The Labute approximate surface area is 263 Å². The Bertz CT molecular complexity index is 1760. The van der Waals surface area contributed by atoms with Crippen LogP contribution >= 0.6 is 11.6 Å². The van der Waals surface area contributed by atoms with Gasteiger partial charge in [0.05, 0.1) is 29.5 Å². The van der Waals surface area contributed by atoms with Gasteiger partial charge in [0.2, 0.25) is 5.91 Å². The summed E-state index contributed by atoms with van der Waals surface area (Å²) >= 11 is 6.30. The lowest BCUT2D eigenvalue weighted by molar-refractivity contribution is -0.154. The van der Waals surface area contributed by atoms with Crippen molar-refractivity contribution >= 4 is 29.4 Å². The highest BCUT2D eigenvalue weighted by Gasteiger charge is 2.40. The number of amides is 2. The zero-order valence-corrected chi connectivity index (χ0v) is 24.8. The third kappa shape index (κ3) is 6.98. The van der Waals surface area contributed by atoms with E-state index in [0.29, 0.717) is 17.8 Å². The van der Waals surface area contributed by atoms with Crippen LogP contribution in [-0.4, -0.2) is 65.2 Å². The first-order valence-electron chi connectivity index (χ1n) is 13.8. The molecule has 4 aromatic rings. The van der Waals surface area contributed by atoms with Crippen LogP contribution in [0.5, 0.6) is 0 Å². The van der Waals surface area contributed by atoms with Crippen LogP contribution < -0.4 is 11.1 Å². The van der Waals surface area contributed by atoms with Crippen molar-refractivity contribution < 1.29 is 31.5 Å². The molecule has 0 bridgehead atoms. The van der Waals surface area contributed by atoms with E-state index in [1.807, 2.05) is 6.92 Å². The summed E-state index contributed by atoms with van der Waals surface area (Å²) in [6.45, 7) is 2.12. The summed E-state index contributed by atoms with van der Waals surface area (Å²) in [5, 5.41) is 14.6. The van der Waals surface area contributed by atoms with Crippen molar-refractivity contribution in [2.75, 3.05) is 6.54 Å². The third-order valence-electron chi connectivity index (χ3n) is 6.98. The smallest absolute Gasteiger partial charge is 0.369 e. The molecule has 242 valence electrons. The summed E-state index contributed by atoms with van der Waals surface area (Å²) in [6.07, 6.45) is -6.19. The van der Waals surface area contributed by atoms with Gasteiger partial charge in [-0.25, -0.2) is 23.4 Å². The number of guanidine groups is 1. The fourth-order valence-corrected chi connectivity index (χ4v) is 5.09. The van der Waals surface area contributed by atoms with Gasteiger partial charge in [-0.05, 0) is 29.7 Å². The van der Waals surface area contributed by atoms with Gasteiger partial charge in [-0.3, -0.25) is 14.5 Å². The van der Waals surface area contributed by atoms with E-state index in [1.165, 1.54) is 18.2 Å². The standard InChI is InChI=1S/C28H26ClF5N10O2/c1-2-9-42-38-12-19(41-42)15-3-5-16(6-4-15)23-26(46)43(27(35)40-23)21(13-36-22(45)11-28(32,33)34)17-7-8-18(29)20(10-17)44-25(24(30)31)37-14-39-44/h3-8,10,12,14,21,23-24H,2,9,11,13H2,1H3,(H2,35,40)(H,36,45)/t21-,23-/m1/s1. The third-order valence-corrected chi connectivity index (χ3v) is 7.30. The number of rotatable bonds is 11. The Kier molecular flexibility index (Phi) is 9.32. The lowest BCUT2D eigenvalue weighted by atomic mass is 10.0. The molecule has 1 aliphatic rings. The van der Waals surface area contributed by atoms with E-state index < -0.39 is 55.3 Å². The molecule has 2 aromatic heterocycles. The van der Waals surface area contributed by atoms with Crippen LogP contribution in [0.1, 0.15) is 55.2 Å². The molecule has 0 aliphatic carbocycles. The number of nitrogens with one attached hydrogen (secondary N) is 1. The summed E-state index contributed by atoms with van der Waals surface area (Å²) < 4.78 is 66.6. The number of hydrogen-bond acceptors (Lipinski definition) is 8. The van der Waals surface area contributed by atoms with E-state index in [2.05, 4.69) is 30.6 Å². The molecule has 5 rings (SSSR count). The molecule has 0 spiro atoms. The topological polar surface area (TPSA) is 149 Å². The normalized spacial score (nSPS) is 15.8. The number of hydrogen-bond donors (Lipinski definition) is 2. The summed E-state index contributed by atoms with van der Waals surface area (Å²) in [4.78, 5) is 36.4. The summed E-state index contributed by atoms with van der Waals surface area (Å²) in [5.41, 5.74) is 8.16. The number of carbonyl (C=O) groups excluding carboxylic acids is 2. The van der Waals surface area contributed by atoms with E-state index in [4.69, 9.17) is 17.3 Å². The van der Waals surface area contributed by atoms with Crippen molar-refractivity contribution in [2.24, 2.45) is 10.7 Å². The second kappa shape index (κ2) is 13.2. The molecule has 12 nitrogen and oxygen atoms in total. The number of aromatic nitrogens is 6. The number of benzene rings is 2. The Morgan fingerprint density at radius 3 is 2.54 bits per heavy atom. The van der Waals surface area contributed by atoms with Crippen LogP contribution in [-0.2, 0) is 16.1 Å². The van der Waals surface area contributed by atoms with Crippen molar-refractivity contribution in [3.8, 4) is 16.9 Å². The Hall–Kier alpha value is -4.93. The molecular weight excluding hydrogens is 639 g/mol. The highest BCUT2D eigenvalue weighted by Crippen LogP contribution is 2.35. The summed E-state index contributed by atoms with van der Waals surface area (Å²) in [6, 6.07) is 8.49. The maximum atomic E-state index is 13.8. The van der Waals surface area contributed by atoms with Crippen LogP contribution in [0, 0.1) is 0 Å². The average molecular weight is 665 g/mol. The minimum absolute atomic E-state index is 0.0157. The fourth-order valence-electron chi connectivity index (χ4n) is 4.90. The lowest BCUT2D eigenvalue weighted by Gasteiger charge is -2.29. The van der Waals surface area contributed by atoms with Gasteiger partial charge in [0.1, 0.15) is 18.4 Å². The van der Waals surface area contributed by atoms with Gasteiger partial charge in [0.15, 0.2) is 17.8 Å². The van der Waals surface area contributed by atoms with E-state index in [9.17, 15) is 31.5 Å². The minimum Gasteiger partial charge on any atom is -0.369 e. The van der Waals surface area contributed by atoms with E-state index in [-0.39, 0.29) is 22.2 Å². The molecular formula is C28H26ClF5N10O2. The predicted octanol–water partition coefficient (Wildman–Crippen LogP) is 4.53. The molecule has 3 heterocycles. The van der Waals surface area contributed by atoms with Crippen LogP contribution in [0.25, 0.3) is 16.9 Å². The maximum Gasteiger partial charge on any atom is 0.397 e. The molecule has 0 radical (unpaired) electrons. The zero-order valence-electron chi connectivity index (χ0n) is 24.0. The number of aryl methyl sites for hydroxylation is 1. The highest BCUT2D eigenvalue weighted by atomic mass is 35.5. The number of aliphatic imine (C=N–C) groups is 1. The first-order valence-corrected chi connectivity index (χ1v) is 14.2. The molecule has 2 atom stereocenters. The minimum atomic E-state index is -4.78. The Morgan fingerprint density at radius 1 is 1.13 bits per heavy atom. The molecule has 1 aliphatic heterocycles. The van der Waals surface area contributed by atoms with Crippen molar-refractivity contribution in [1.82, 2.24) is 40.0 Å². The van der Waals surface area contributed by atoms with Crippen LogP contribution in [0.4, 0.5) is 22.0 Å². The largest absolute Gasteiger partial charge is 0.397 e. The molecule has 0 fully saturated rings. The Balaban J connectivity index is 1.46. The van der Waals surface area contributed by atoms with Gasteiger partial charge in [-0.1, -0.05) is 48.9 Å². The molecule has 0 saturated carbocycles. The second-order valence-corrected chi connectivity index (χ2v) is 10.6. The van der Waals surface area contributed by atoms with Crippen molar-refractivity contribution in [2.45, 2.75) is 51.0 Å². The van der Waals surface area contributed by atoms with Gasteiger partial charge in [0.25, 0.3) is 12.3 Å². The van der Waals surface area contributed by atoms with E-state index >= 15 is 0 Å². The number of alkyl halides is 5. The summed E-state index contributed by atoms with van der Waals surface area (Å²) in [7, 11) is 0. The van der Waals surface area contributed by atoms with Gasteiger partial charge >= 0.3 is 6.18 Å². The number of nitrogens with two attached hydrogens (primary N) is 1. The molecule has 0 saturated heterocycles.